The molecule has 0 aromatic heterocycles. The molecule has 1 atom stereocenters. The van der Waals surface area contributed by atoms with E-state index in [2.05, 4.69) is 34.5 Å². The Balaban J connectivity index is 1.83. The van der Waals surface area contributed by atoms with Crippen LogP contribution >= 0.6 is 0 Å². The molecule has 1 aromatic carbocycles. The fourth-order valence-electron chi connectivity index (χ4n) is 2.99. The van der Waals surface area contributed by atoms with Crippen LogP contribution in [0.4, 0.5) is 10.5 Å². The SMILES string of the molecule is CN(C)c1ccc(CCNC(=O)C2CCCN2C(=O)OC(C)(C)C)cc1. The molecule has 1 aromatic rings. The molecule has 26 heavy (non-hydrogen) atoms. The Hall–Kier alpha value is -2.24. The summed E-state index contributed by atoms with van der Waals surface area (Å²) in [5, 5.41) is 2.96. The van der Waals surface area contributed by atoms with Crippen LogP contribution in [0.5, 0.6) is 0 Å². The lowest BCUT2D eigenvalue weighted by atomic mass is 10.1. The van der Waals surface area contributed by atoms with Crippen LogP contribution in [-0.4, -0.2) is 55.7 Å². The first-order valence-corrected chi connectivity index (χ1v) is 9.21. The van der Waals surface area contributed by atoms with E-state index in [0.29, 0.717) is 19.5 Å². The number of amides is 2. The number of hydrogen-bond acceptors (Lipinski definition) is 4. The first-order chi connectivity index (χ1) is 12.2. The summed E-state index contributed by atoms with van der Waals surface area (Å²) in [4.78, 5) is 28.4. The summed E-state index contributed by atoms with van der Waals surface area (Å²) in [6.07, 6.45) is 1.86. The highest BCUT2D eigenvalue weighted by atomic mass is 16.6. The second-order valence-electron chi connectivity index (χ2n) is 7.93. The van der Waals surface area contributed by atoms with Crippen molar-refractivity contribution in [1.82, 2.24) is 10.2 Å². The molecule has 0 bridgehead atoms. The molecule has 0 aliphatic carbocycles. The van der Waals surface area contributed by atoms with E-state index in [1.807, 2.05) is 34.9 Å². The molecule has 6 heteroatoms. The van der Waals surface area contributed by atoms with Crippen LogP contribution in [0.3, 0.4) is 0 Å². The summed E-state index contributed by atoms with van der Waals surface area (Å²) in [5.41, 5.74) is 1.77. The van der Waals surface area contributed by atoms with Crippen molar-refractivity contribution in [3.63, 3.8) is 0 Å². The second kappa shape index (κ2) is 8.43. The zero-order valence-corrected chi connectivity index (χ0v) is 16.5. The summed E-state index contributed by atoms with van der Waals surface area (Å²) in [6.45, 7) is 6.62. The predicted molar refractivity (Wildman–Crippen MR) is 103 cm³/mol. The van der Waals surface area contributed by atoms with Crippen LogP contribution in [0.15, 0.2) is 24.3 Å². The van der Waals surface area contributed by atoms with E-state index in [1.165, 1.54) is 5.56 Å². The minimum absolute atomic E-state index is 0.0988. The van der Waals surface area contributed by atoms with E-state index in [1.54, 1.807) is 4.90 Å². The number of carbonyl (C=O) groups excluding carboxylic acids is 2. The topological polar surface area (TPSA) is 61.9 Å². The molecule has 2 amide bonds. The smallest absolute Gasteiger partial charge is 0.410 e. The quantitative estimate of drug-likeness (QED) is 0.876. The van der Waals surface area contributed by atoms with Gasteiger partial charge in [-0.1, -0.05) is 12.1 Å². The highest BCUT2D eigenvalue weighted by Crippen LogP contribution is 2.21. The number of likely N-dealkylation sites (tertiary alicyclic amines) is 1. The fraction of sp³-hybridized carbons (Fsp3) is 0.600. The molecule has 1 aliphatic heterocycles. The van der Waals surface area contributed by atoms with Crippen LogP contribution in [0, 0.1) is 0 Å². The molecule has 6 nitrogen and oxygen atoms in total. The maximum absolute atomic E-state index is 12.5. The molecular formula is C20H31N3O3. The molecule has 1 unspecified atom stereocenters. The summed E-state index contributed by atoms with van der Waals surface area (Å²) >= 11 is 0. The minimum Gasteiger partial charge on any atom is -0.444 e. The largest absolute Gasteiger partial charge is 0.444 e. The Kier molecular flexibility index (Phi) is 6.51. The third-order valence-corrected chi connectivity index (χ3v) is 4.35. The maximum Gasteiger partial charge on any atom is 0.410 e. The van der Waals surface area contributed by atoms with Crippen molar-refractivity contribution in [2.75, 3.05) is 32.1 Å². The Bertz CT molecular complexity index is 620. The zero-order chi connectivity index (χ0) is 19.3. The molecule has 1 aliphatic rings. The Labute approximate surface area is 156 Å². The molecule has 1 N–H and O–H groups in total. The first kappa shape index (κ1) is 20.1. The number of nitrogens with one attached hydrogen (secondary N) is 1. The Morgan fingerprint density at radius 1 is 1.23 bits per heavy atom. The van der Waals surface area contributed by atoms with Crippen LogP contribution in [0.1, 0.15) is 39.2 Å². The van der Waals surface area contributed by atoms with E-state index in [-0.39, 0.29) is 5.91 Å². The number of hydrogen-bond donors (Lipinski definition) is 1. The molecule has 1 fully saturated rings. The zero-order valence-electron chi connectivity index (χ0n) is 16.5. The number of nitrogens with zero attached hydrogens (tertiary/aromatic N) is 2. The van der Waals surface area contributed by atoms with Gasteiger partial charge in [-0.3, -0.25) is 9.69 Å². The van der Waals surface area contributed by atoms with Gasteiger partial charge < -0.3 is 15.0 Å². The Morgan fingerprint density at radius 2 is 1.88 bits per heavy atom. The first-order valence-electron chi connectivity index (χ1n) is 9.21. The normalized spacial score (nSPS) is 17.1. The summed E-state index contributed by atoms with van der Waals surface area (Å²) in [6, 6.07) is 7.85. The fourth-order valence-corrected chi connectivity index (χ4v) is 2.99. The lowest BCUT2D eigenvalue weighted by Crippen LogP contribution is -2.47. The number of benzene rings is 1. The lowest BCUT2D eigenvalue weighted by Gasteiger charge is -2.28. The predicted octanol–water partition coefficient (Wildman–Crippen LogP) is 2.81. The van der Waals surface area contributed by atoms with Crippen LogP contribution in [0.25, 0.3) is 0 Å². The molecule has 0 spiro atoms. The summed E-state index contributed by atoms with van der Waals surface area (Å²) in [7, 11) is 4.01. The van der Waals surface area contributed by atoms with Crippen molar-refractivity contribution in [2.24, 2.45) is 0 Å². The van der Waals surface area contributed by atoms with Crippen molar-refractivity contribution in [3.05, 3.63) is 29.8 Å². The number of rotatable bonds is 5. The lowest BCUT2D eigenvalue weighted by molar-refractivity contribution is -0.125. The van der Waals surface area contributed by atoms with Crippen molar-refractivity contribution < 1.29 is 14.3 Å². The van der Waals surface area contributed by atoms with Gasteiger partial charge in [0.1, 0.15) is 11.6 Å². The van der Waals surface area contributed by atoms with Crippen molar-refractivity contribution >= 4 is 17.7 Å². The molecule has 144 valence electrons. The van der Waals surface area contributed by atoms with Gasteiger partial charge in [-0.05, 0) is 57.7 Å². The van der Waals surface area contributed by atoms with Crippen molar-refractivity contribution in [3.8, 4) is 0 Å². The number of carbonyl (C=O) groups is 2. The van der Waals surface area contributed by atoms with E-state index in [4.69, 9.17) is 4.74 Å². The number of ether oxygens (including phenoxy) is 1. The van der Waals surface area contributed by atoms with Gasteiger partial charge in [-0.25, -0.2) is 4.79 Å². The average molecular weight is 361 g/mol. The van der Waals surface area contributed by atoms with Gasteiger partial charge in [0.25, 0.3) is 0 Å². The monoisotopic (exact) mass is 361 g/mol. The van der Waals surface area contributed by atoms with Crippen LogP contribution in [0.2, 0.25) is 0 Å². The van der Waals surface area contributed by atoms with Crippen molar-refractivity contribution in [1.29, 1.82) is 0 Å². The summed E-state index contributed by atoms with van der Waals surface area (Å²) < 4.78 is 5.41. The molecule has 1 saturated heterocycles. The maximum atomic E-state index is 12.5. The number of anilines is 1. The van der Waals surface area contributed by atoms with Gasteiger partial charge in [0.2, 0.25) is 5.91 Å². The van der Waals surface area contributed by atoms with Gasteiger partial charge >= 0.3 is 6.09 Å². The third kappa shape index (κ3) is 5.64. The second-order valence-corrected chi connectivity index (χ2v) is 7.93. The molecule has 0 radical (unpaired) electrons. The van der Waals surface area contributed by atoms with Gasteiger partial charge in [0, 0.05) is 32.9 Å². The minimum atomic E-state index is -0.556. The van der Waals surface area contributed by atoms with Gasteiger partial charge in [-0.15, -0.1) is 0 Å². The Morgan fingerprint density at radius 3 is 2.46 bits per heavy atom. The summed E-state index contributed by atoms with van der Waals surface area (Å²) in [5.74, 6) is -0.0988. The van der Waals surface area contributed by atoms with E-state index < -0.39 is 17.7 Å². The molecule has 1 heterocycles. The van der Waals surface area contributed by atoms with Gasteiger partial charge in [-0.2, -0.15) is 0 Å². The van der Waals surface area contributed by atoms with Crippen molar-refractivity contribution in [2.45, 2.75) is 51.7 Å². The highest BCUT2D eigenvalue weighted by molar-refractivity contribution is 5.86. The average Bonchev–Trinajstić information content (AvgIpc) is 3.03. The molecule has 0 saturated carbocycles. The highest BCUT2D eigenvalue weighted by Gasteiger charge is 2.36. The van der Waals surface area contributed by atoms with E-state index in [0.717, 1.165) is 18.5 Å². The van der Waals surface area contributed by atoms with Crippen LogP contribution in [-0.2, 0) is 16.0 Å². The van der Waals surface area contributed by atoms with Gasteiger partial charge in [0.05, 0.1) is 0 Å². The van der Waals surface area contributed by atoms with E-state index >= 15 is 0 Å². The van der Waals surface area contributed by atoms with E-state index in [9.17, 15) is 9.59 Å². The molecular weight excluding hydrogens is 330 g/mol. The third-order valence-electron chi connectivity index (χ3n) is 4.35. The van der Waals surface area contributed by atoms with Crippen LogP contribution < -0.4 is 10.2 Å². The molecule has 2 rings (SSSR count). The van der Waals surface area contributed by atoms with Gasteiger partial charge in [0.15, 0.2) is 0 Å². The standard InChI is InChI=1S/C20H31N3O3/c1-20(2,3)26-19(25)23-14-6-7-17(23)18(24)21-13-12-15-8-10-16(11-9-15)22(4)5/h8-11,17H,6-7,12-14H2,1-5H3,(H,21,24).